The third kappa shape index (κ3) is 1.42. The number of H-pyrrole nitrogens is 1. The zero-order valence-electron chi connectivity index (χ0n) is 8.74. The molecule has 0 radical (unpaired) electrons. The molecule has 17 heavy (non-hydrogen) atoms. The maximum Gasteiger partial charge on any atom is 0.364 e. The molecule has 8 heteroatoms. The van der Waals surface area contributed by atoms with Crippen molar-refractivity contribution in [2.45, 2.75) is 6.54 Å². The topological polar surface area (TPSA) is 107 Å². The van der Waals surface area contributed by atoms with Crippen LogP contribution < -0.4 is 11.4 Å². The second-order valence-corrected chi connectivity index (χ2v) is 3.41. The average molecular weight is 231 g/mol. The minimum atomic E-state index is -0.378. The number of rotatable bonds is 2. The maximum atomic E-state index is 11.4. The van der Waals surface area contributed by atoms with Gasteiger partial charge in [-0.15, -0.1) is 5.10 Å². The summed E-state index contributed by atoms with van der Waals surface area (Å²) in [5.74, 6) is 1.24. The molecule has 0 aliphatic carbocycles. The van der Waals surface area contributed by atoms with Crippen LogP contribution >= 0.6 is 0 Å². The molecule has 3 heterocycles. The first kappa shape index (κ1) is 9.73. The van der Waals surface area contributed by atoms with Gasteiger partial charge in [-0.2, -0.15) is 9.61 Å². The molecule has 0 aliphatic rings. The van der Waals surface area contributed by atoms with Crippen molar-refractivity contribution in [3.8, 4) is 5.82 Å². The Labute approximate surface area is 94.7 Å². The lowest BCUT2D eigenvalue weighted by Gasteiger charge is -2.04. The SMILES string of the molecule is NCc1nccn1-c1ccc2n[nH]c(=O)n2n1. The summed E-state index contributed by atoms with van der Waals surface area (Å²) >= 11 is 0. The fraction of sp³-hybridized carbons (Fsp3) is 0.111. The lowest BCUT2D eigenvalue weighted by atomic mass is 10.5. The molecule has 0 fully saturated rings. The summed E-state index contributed by atoms with van der Waals surface area (Å²) in [6.45, 7) is 0.299. The zero-order valence-corrected chi connectivity index (χ0v) is 8.74. The number of nitrogens with zero attached hydrogens (tertiary/aromatic N) is 5. The number of hydrogen-bond donors (Lipinski definition) is 2. The van der Waals surface area contributed by atoms with Crippen LogP contribution in [0.1, 0.15) is 5.82 Å². The second-order valence-electron chi connectivity index (χ2n) is 3.41. The molecule has 0 aliphatic heterocycles. The van der Waals surface area contributed by atoms with Gasteiger partial charge in [-0.25, -0.2) is 14.9 Å². The van der Waals surface area contributed by atoms with E-state index in [1.54, 1.807) is 29.1 Å². The predicted octanol–water partition coefficient (Wildman–Crippen LogP) is -0.938. The molecule has 0 saturated carbocycles. The van der Waals surface area contributed by atoms with Crippen LogP contribution in [0.5, 0.6) is 0 Å². The molecule has 0 saturated heterocycles. The first-order chi connectivity index (χ1) is 8.29. The van der Waals surface area contributed by atoms with Crippen LogP contribution in [0.2, 0.25) is 0 Å². The van der Waals surface area contributed by atoms with E-state index < -0.39 is 0 Å². The molecule has 3 aromatic rings. The van der Waals surface area contributed by atoms with Gasteiger partial charge in [0.05, 0.1) is 6.54 Å². The van der Waals surface area contributed by atoms with Crippen LogP contribution in [0.25, 0.3) is 11.5 Å². The molecule has 3 N–H and O–H groups in total. The Kier molecular flexibility index (Phi) is 2.02. The van der Waals surface area contributed by atoms with Crippen LogP contribution in [-0.4, -0.2) is 29.4 Å². The van der Waals surface area contributed by atoms with Gasteiger partial charge in [0.1, 0.15) is 5.82 Å². The lowest BCUT2D eigenvalue weighted by Crippen LogP contribution is -2.15. The first-order valence-corrected chi connectivity index (χ1v) is 4.97. The zero-order chi connectivity index (χ0) is 11.8. The summed E-state index contributed by atoms with van der Waals surface area (Å²) in [7, 11) is 0. The van der Waals surface area contributed by atoms with E-state index >= 15 is 0 Å². The molecule has 0 unspecified atom stereocenters. The van der Waals surface area contributed by atoms with Gasteiger partial charge in [-0.05, 0) is 12.1 Å². The van der Waals surface area contributed by atoms with E-state index in [1.807, 2.05) is 0 Å². The van der Waals surface area contributed by atoms with E-state index in [4.69, 9.17) is 5.73 Å². The monoisotopic (exact) mass is 231 g/mol. The normalized spacial score (nSPS) is 11.1. The average Bonchev–Trinajstić information content (AvgIpc) is 2.96. The number of fused-ring (bicyclic) bond motifs is 1. The summed E-state index contributed by atoms with van der Waals surface area (Å²) in [6.07, 6.45) is 3.37. The van der Waals surface area contributed by atoms with Gasteiger partial charge in [0.2, 0.25) is 0 Å². The second kappa shape index (κ2) is 3.52. The lowest BCUT2D eigenvalue weighted by molar-refractivity contribution is 0.792. The molecular weight excluding hydrogens is 222 g/mol. The third-order valence-electron chi connectivity index (χ3n) is 2.41. The van der Waals surface area contributed by atoms with Gasteiger partial charge in [0, 0.05) is 12.4 Å². The van der Waals surface area contributed by atoms with E-state index in [1.165, 1.54) is 4.52 Å². The van der Waals surface area contributed by atoms with Crippen molar-refractivity contribution in [3.05, 3.63) is 40.8 Å². The highest BCUT2D eigenvalue weighted by Crippen LogP contribution is 2.07. The largest absolute Gasteiger partial charge is 0.364 e. The molecule has 0 bridgehead atoms. The van der Waals surface area contributed by atoms with Gasteiger partial charge >= 0.3 is 5.69 Å². The number of hydrogen-bond acceptors (Lipinski definition) is 5. The number of imidazole rings is 1. The van der Waals surface area contributed by atoms with Gasteiger partial charge in [0.25, 0.3) is 0 Å². The van der Waals surface area contributed by atoms with Gasteiger partial charge in [-0.1, -0.05) is 0 Å². The Morgan fingerprint density at radius 1 is 1.41 bits per heavy atom. The quantitative estimate of drug-likeness (QED) is 0.592. The van der Waals surface area contributed by atoms with E-state index in [-0.39, 0.29) is 5.69 Å². The smallest absolute Gasteiger partial charge is 0.324 e. The first-order valence-electron chi connectivity index (χ1n) is 4.97. The van der Waals surface area contributed by atoms with E-state index in [0.29, 0.717) is 23.8 Å². The van der Waals surface area contributed by atoms with Crippen molar-refractivity contribution in [1.29, 1.82) is 0 Å². The Morgan fingerprint density at radius 2 is 2.29 bits per heavy atom. The Morgan fingerprint density at radius 3 is 3.12 bits per heavy atom. The highest BCUT2D eigenvalue weighted by atomic mass is 16.2. The molecule has 3 aromatic heterocycles. The maximum absolute atomic E-state index is 11.4. The van der Waals surface area contributed by atoms with Crippen LogP contribution in [0.15, 0.2) is 29.3 Å². The number of aromatic nitrogens is 6. The minimum absolute atomic E-state index is 0.299. The van der Waals surface area contributed by atoms with Gasteiger partial charge < -0.3 is 5.73 Å². The number of aromatic amines is 1. The van der Waals surface area contributed by atoms with Crippen molar-refractivity contribution in [1.82, 2.24) is 29.4 Å². The fourth-order valence-corrected chi connectivity index (χ4v) is 1.62. The summed E-state index contributed by atoms with van der Waals surface area (Å²) < 4.78 is 2.91. The van der Waals surface area contributed by atoms with Crippen molar-refractivity contribution in [2.75, 3.05) is 0 Å². The van der Waals surface area contributed by atoms with Crippen molar-refractivity contribution in [3.63, 3.8) is 0 Å². The molecule has 0 atom stereocenters. The third-order valence-corrected chi connectivity index (χ3v) is 2.41. The van der Waals surface area contributed by atoms with Crippen molar-refractivity contribution in [2.24, 2.45) is 5.73 Å². The highest BCUT2D eigenvalue weighted by molar-refractivity contribution is 5.38. The van der Waals surface area contributed by atoms with Crippen LogP contribution in [0.3, 0.4) is 0 Å². The van der Waals surface area contributed by atoms with Gasteiger partial charge in [0.15, 0.2) is 11.5 Å². The molecule has 0 aromatic carbocycles. The molecule has 8 nitrogen and oxygen atoms in total. The highest BCUT2D eigenvalue weighted by Gasteiger charge is 2.07. The van der Waals surface area contributed by atoms with E-state index in [9.17, 15) is 4.79 Å². The molecule has 3 rings (SSSR count). The Bertz CT molecular complexity index is 722. The van der Waals surface area contributed by atoms with Crippen molar-refractivity contribution >= 4 is 5.65 Å². The molecule has 86 valence electrons. The summed E-state index contributed by atoms with van der Waals surface area (Å²) in [6, 6.07) is 3.44. The Hall–Kier alpha value is -2.48. The summed E-state index contributed by atoms with van der Waals surface area (Å²) in [4.78, 5) is 15.5. The molecular formula is C9H9N7O. The van der Waals surface area contributed by atoms with Crippen LogP contribution in [0.4, 0.5) is 0 Å². The Balaban J connectivity index is 2.24. The standard InChI is InChI=1S/C9H9N7O/c10-5-8-11-3-4-15(8)7-2-1-6-12-13-9(17)16(6)14-7/h1-4H,5,10H2,(H,13,17). The molecule has 0 amide bonds. The summed E-state index contributed by atoms with van der Waals surface area (Å²) in [5.41, 5.74) is 5.64. The predicted molar refractivity (Wildman–Crippen MR) is 58.6 cm³/mol. The molecule has 0 spiro atoms. The van der Waals surface area contributed by atoms with Crippen molar-refractivity contribution < 1.29 is 0 Å². The van der Waals surface area contributed by atoms with Crippen LogP contribution in [0, 0.1) is 0 Å². The van der Waals surface area contributed by atoms with Gasteiger partial charge in [-0.3, -0.25) is 4.57 Å². The number of nitrogens with two attached hydrogens (primary N) is 1. The number of nitrogens with one attached hydrogen (secondary N) is 1. The fourth-order valence-electron chi connectivity index (χ4n) is 1.62. The van der Waals surface area contributed by atoms with E-state index in [0.717, 1.165) is 0 Å². The summed E-state index contributed by atoms with van der Waals surface area (Å²) in [5, 5.41) is 10.3. The van der Waals surface area contributed by atoms with E-state index in [2.05, 4.69) is 20.3 Å². The van der Waals surface area contributed by atoms with Crippen LogP contribution in [-0.2, 0) is 6.54 Å². The minimum Gasteiger partial charge on any atom is -0.324 e.